The number of likely N-dealkylation sites (tertiary alicyclic amines) is 1. The van der Waals surface area contributed by atoms with Gasteiger partial charge >= 0.3 is 0 Å². The van der Waals surface area contributed by atoms with Crippen molar-refractivity contribution >= 4 is 28.4 Å². The molecule has 0 bridgehead atoms. The van der Waals surface area contributed by atoms with E-state index in [1.54, 1.807) is 34.1 Å². The van der Waals surface area contributed by atoms with Crippen LogP contribution in [0.3, 0.4) is 0 Å². The summed E-state index contributed by atoms with van der Waals surface area (Å²) in [6.45, 7) is 3.05. The molecule has 8 heteroatoms. The van der Waals surface area contributed by atoms with Crippen molar-refractivity contribution in [1.82, 2.24) is 14.8 Å². The van der Waals surface area contributed by atoms with Crippen LogP contribution in [0.25, 0.3) is 10.9 Å². The van der Waals surface area contributed by atoms with Crippen LogP contribution < -0.4 is 4.90 Å². The van der Waals surface area contributed by atoms with Gasteiger partial charge in [-0.1, -0.05) is 12.1 Å². The molecule has 2 fully saturated rings. The van der Waals surface area contributed by atoms with E-state index in [-0.39, 0.29) is 35.8 Å². The van der Waals surface area contributed by atoms with E-state index in [9.17, 15) is 18.4 Å². The summed E-state index contributed by atoms with van der Waals surface area (Å²) in [5.41, 5.74) is 2.38. The predicted molar refractivity (Wildman–Crippen MR) is 122 cm³/mol. The number of aromatic nitrogens is 1. The van der Waals surface area contributed by atoms with Gasteiger partial charge in [-0.05, 0) is 42.3 Å². The molecule has 5 rings (SSSR count). The maximum Gasteiger partial charge on any atom is 0.228 e. The number of hydrogen-bond donors (Lipinski definition) is 1. The van der Waals surface area contributed by atoms with E-state index in [1.807, 2.05) is 11.1 Å². The molecule has 172 valence electrons. The minimum absolute atomic E-state index is 0.00630. The highest BCUT2D eigenvalue weighted by molar-refractivity contribution is 5.89. The van der Waals surface area contributed by atoms with Crippen LogP contribution >= 0.6 is 0 Å². The number of para-hydroxylation sites is 1. The van der Waals surface area contributed by atoms with Crippen molar-refractivity contribution in [2.75, 3.05) is 44.2 Å². The first kappa shape index (κ1) is 21.4. The summed E-state index contributed by atoms with van der Waals surface area (Å²) in [7, 11) is 0. The number of nitrogens with zero attached hydrogens (tertiary/aromatic N) is 3. The third-order valence-electron chi connectivity index (χ3n) is 6.73. The largest absolute Gasteiger partial charge is 0.366 e. The zero-order valence-corrected chi connectivity index (χ0v) is 18.3. The SMILES string of the molecule is O=C1C[C@H](C(=O)N2CCN(c3ccccc3F)CC2)CN1CCc1c[nH]c2ccc(F)cc12. The molecule has 3 aromatic rings. The number of amides is 2. The van der Waals surface area contributed by atoms with E-state index >= 15 is 0 Å². The van der Waals surface area contributed by atoms with Gasteiger partial charge in [0.25, 0.3) is 0 Å². The summed E-state index contributed by atoms with van der Waals surface area (Å²) in [6.07, 6.45) is 2.66. The van der Waals surface area contributed by atoms with Crippen molar-refractivity contribution in [1.29, 1.82) is 0 Å². The van der Waals surface area contributed by atoms with Crippen molar-refractivity contribution in [2.24, 2.45) is 5.92 Å². The molecule has 3 heterocycles. The van der Waals surface area contributed by atoms with Gasteiger partial charge in [0.1, 0.15) is 11.6 Å². The summed E-state index contributed by atoms with van der Waals surface area (Å²) in [6, 6.07) is 11.3. The molecule has 1 N–H and O–H groups in total. The number of aromatic amines is 1. The number of halogens is 2. The summed E-state index contributed by atoms with van der Waals surface area (Å²) >= 11 is 0. The molecule has 0 saturated carbocycles. The Morgan fingerprint density at radius 3 is 2.64 bits per heavy atom. The number of carbonyl (C=O) groups excluding carboxylic acids is 2. The molecule has 0 radical (unpaired) electrons. The molecule has 1 atom stereocenters. The Morgan fingerprint density at radius 2 is 1.85 bits per heavy atom. The van der Waals surface area contributed by atoms with Gasteiger partial charge < -0.3 is 19.7 Å². The Kier molecular flexibility index (Phi) is 5.74. The molecule has 0 aliphatic carbocycles. The lowest BCUT2D eigenvalue weighted by atomic mass is 10.1. The fraction of sp³-hybridized carbons (Fsp3) is 0.360. The van der Waals surface area contributed by atoms with E-state index in [0.29, 0.717) is 51.4 Å². The average Bonchev–Trinajstić information content (AvgIpc) is 3.40. The molecule has 33 heavy (non-hydrogen) atoms. The Labute approximate surface area is 190 Å². The Hall–Kier alpha value is -3.42. The minimum atomic E-state index is -0.349. The topological polar surface area (TPSA) is 59.7 Å². The van der Waals surface area contributed by atoms with Gasteiger partial charge in [-0.3, -0.25) is 9.59 Å². The van der Waals surface area contributed by atoms with Gasteiger partial charge in [-0.15, -0.1) is 0 Å². The van der Waals surface area contributed by atoms with Gasteiger partial charge in [0, 0.05) is 62.8 Å². The summed E-state index contributed by atoms with van der Waals surface area (Å²) < 4.78 is 27.7. The smallest absolute Gasteiger partial charge is 0.228 e. The van der Waals surface area contributed by atoms with Crippen LogP contribution in [0, 0.1) is 17.6 Å². The molecular formula is C25H26F2N4O2. The molecule has 1 aromatic heterocycles. The molecule has 2 aromatic carbocycles. The number of benzene rings is 2. The fourth-order valence-corrected chi connectivity index (χ4v) is 4.90. The van der Waals surface area contributed by atoms with Crippen molar-refractivity contribution in [2.45, 2.75) is 12.8 Å². The standard InChI is InChI=1S/C25H26F2N4O2/c26-19-5-6-22-20(14-19)17(15-28-22)7-8-31-16-18(13-24(31)32)25(33)30-11-9-29(10-12-30)23-4-2-1-3-21(23)27/h1-6,14-15,18,28H,7-13,16H2/t18-/m0/s1. The number of H-pyrrole nitrogens is 1. The first-order valence-electron chi connectivity index (χ1n) is 11.3. The number of carbonyl (C=O) groups is 2. The first-order valence-corrected chi connectivity index (χ1v) is 11.3. The van der Waals surface area contributed by atoms with Gasteiger partial charge in [0.2, 0.25) is 11.8 Å². The second-order valence-corrected chi connectivity index (χ2v) is 8.76. The van der Waals surface area contributed by atoms with E-state index in [2.05, 4.69) is 4.98 Å². The number of rotatable bonds is 5. The highest BCUT2D eigenvalue weighted by Gasteiger charge is 2.37. The van der Waals surface area contributed by atoms with Crippen molar-refractivity contribution in [3.05, 3.63) is 65.9 Å². The maximum atomic E-state index is 14.1. The number of anilines is 1. The van der Waals surface area contributed by atoms with Crippen LogP contribution in [-0.2, 0) is 16.0 Å². The van der Waals surface area contributed by atoms with Crippen LogP contribution in [0.2, 0.25) is 0 Å². The van der Waals surface area contributed by atoms with Crippen molar-refractivity contribution < 1.29 is 18.4 Å². The highest BCUT2D eigenvalue weighted by Crippen LogP contribution is 2.25. The van der Waals surface area contributed by atoms with Gasteiger partial charge in [-0.25, -0.2) is 8.78 Å². The van der Waals surface area contributed by atoms with Gasteiger partial charge in [0.15, 0.2) is 0 Å². The first-order chi connectivity index (χ1) is 16.0. The normalized spacial score (nSPS) is 19.0. The number of nitrogens with one attached hydrogen (secondary N) is 1. The molecule has 0 spiro atoms. The van der Waals surface area contributed by atoms with Crippen LogP contribution in [0.5, 0.6) is 0 Å². The van der Waals surface area contributed by atoms with Crippen LogP contribution in [-0.4, -0.2) is 65.9 Å². The summed E-state index contributed by atoms with van der Waals surface area (Å²) in [4.78, 5) is 34.2. The predicted octanol–water partition coefficient (Wildman–Crippen LogP) is 3.19. The van der Waals surface area contributed by atoms with E-state index < -0.39 is 0 Å². The second-order valence-electron chi connectivity index (χ2n) is 8.76. The molecule has 0 unspecified atom stereocenters. The highest BCUT2D eigenvalue weighted by atomic mass is 19.1. The number of fused-ring (bicyclic) bond motifs is 1. The number of hydrogen-bond acceptors (Lipinski definition) is 3. The van der Waals surface area contributed by atoms with Crippen molar-refractivity contribution in [3.8, 4) is 0 Å². The Morgan fingerprint density at radius 1 is 1.06 bits per heavy atom. The molecule has 2 aliphatic heterocycles. The minimum Gasteiger partial charge on any atom is -0.366 e. The van der Waals surface area contributed by atoms with Gasteiger partial charge in [-0.2, -0.15) is 0 Å². The zero-order chi connectivity index (χ0) is 22.9. The maximum absolute atomic E-state index is 14.1. The number of piperazine rings is 1. The molecule has 2 saturated heterocycles. The zero-order valence-electron chi connectivity index (χ0n) is 18.3. The van der Waals surface area contributed by atoms with Crippen LogP contribution in [0.1, 0.15) is 12.0 Å². The van der Waals surface area contributed by atoms with E-state index in [0.717, 1.165) is 16.5 Å². The monoisotopic (exact) mass is 452 g/mol. The quantitative estimate of drug-likeness (QED) is 0.647. The summed E-state index contributed by atoms with van der Waals surface area (Å²) in [5, 5.41) is 0.821. The Bertz CT molecular complexity index is 1190. The molecular weight excluding hydrogens is 426 g/mol. The summed E-state index contributed by atoms with van der Waals surface area (Å²) in [5.74, 6) is -0.927. The van der Waals surface area contributed by atoms with Crippen LogP contribution in [0.4, 0.5) is 14.5 Å². The fourth-order valence-electron chi connectivity index (χ4n) is 4.90. The Balaban J connectivity index is 1.16. The molecule has 2 aliphatic rings. The van der Waals surface area contributed by atoms with Gasteiger partial charge in [0.05, 0.1) is 11.6 Å². The third-order valence-corrected chi connectivity index (χ3v) is 6.73. The second kappa shape index (κ2) is 8.84. The van der Waals surface area contributed by atoms with E-state index in [1.165, 1.54) is 18.2 Å². The van der Waals surface area contributed by atoms with E-state index in [4.69, 9.17) is 0 Å². The van der Waals surface area contributed by atoms with Crippen LogP contribution in [0.15, 0.2) is 48.7 Å². The lowest BCUT2D eigenvalue weighted by molar-refractivity contribution is -0.136. The third kappa shape index (κ3) is 4.29. The average molecular weight is 453 g/mol. The lowest BCUT2D eigenvalue weighted by Crippen LogP contribution is -2.51. The van der Waals surface area contributed by atoms with Crippen molar-refractivity contribution in [3.63, 3.8) is 0 Å². The molecule has 2 amide bonds. The lowest BCUT2D eigenvalue weighted by Gasteiger charge is -2.37. The molecule has 6 nitrogen and oxygen atoms in total.